The van der Waals surface area contributed by atoms with Gasteiger partial charge in [-0.3, -0.25) is 4.68 Å². The van der Waals surface area contributed by atoms with Crippen molar-refractivity contribution in [1.29, 1.82) is 0 Å². The molecule has 0 aliphatic heterocycles. The molecule has 1 aliphatic rings. The topological polar surface area (TPSA) is 98.9 Å². The van der Waals surface area contributed by atoms with Crippen molar-refractivity contribution in [2.75, 3.05) is 31.8 Å². The molecule has 0 aromatic carbocycles. The lowest BCUT2D eigenvalue weighted by molar-refractivity contribution is 0.183. The summed E-state index contributed by atoms with van der Waals surface area (Å²) in [5.74, 6) is 1.03. The zero-order chi connectivity index (χ0) is 19.8. The number of anilines is 1. The van der Waals surface area contributed by atoms with Gasteiger partial charge in [-0.25, -0.2) is 4.79 Å². The number of urea groups is 1. The number of hydrogen-bond acceptors (Lipinski definition) is 6. The lowest BCUT2D eigenvalue weighted by Crippen LogP contribution is -2.29. The molecule has 0 saturated heterocycles. The first-order valence-corrected chi connectivity index (χ1v) is 11.0. The van der Waals surface area contributed by atoms with Crippen LogP contribution in [0.3, 0.4) is 0 Å². The van der Waals surface area contributed by atoms with Crippen molar-refractivity contribution in [1.82, 2.24) is 29.9 Å². The molecule has 2 aromatic heterocycles. The molecule has 2 aromatic rings. The van der Waals surface area contributed by atoms with Crippen LogP contribution >= 0.6 is 11.8 Å². The first-order valence-electron chi connectivity index (χ1n) is 9.75. The molecule has 2 N–H and O–H groups in total. The van der Waals surface area contributed by atoms with Crippen LogP contribution in [0.5, 0.6) is 0 Å². The monoisotopic (exact) mass is 407 g/mol. The Labute approximate surface area is 169 Å². The average molecular weight is 408 g/mol. The van der Waals surface area contributed by atoms with Crippen LogP contribution in [0.2, 0.25) is 0 Å². The molecule has 28 heavy (non-hydrogen) atoms. The van der Waals surface area contributed by atoms with E-state index in [1.807, 2.05) is 6.26 Å². The zero-order valence-corrected chi connectivity index (χ0v) is 17.4. The van der Waals surface area contributed by atoms with Gasteiger partial charge in [0.1, 0.15) is 5.82 Å². The molecule has 2 amide bonds. The van der Waals surface area contributed by atoms with E-state index >= 15 is 0 Å². The molecular weight excluding hydrogens is 378 g/mol. The predicted molar refractivity (Wildman–Crippen MR) is 109 cm³/mol. The second-order valence-electron chi connectivity index (χ2n) is 6.88. The van der Waals surface area contributed by atoms with Gasteiger partial charge in [0.25, 0.3) is 0 Å². The summed E-state index contributed by atoms with van der Waals surface area (Å²) in [6.07, 6.45) is 12.0. The maximum atomic E-state index is 12.1. The standard InChI is InChI=1S/C18H29N7O2S/c1-27-11-10-24-13-14(12-20-24)21-17(26)19-9-5-8-16-22-23-18(28-2)25(16)15-6-3-4-7-15/h12-13,15H,3-11H2,1-2H3,(H2,19,21,26). The summed E-state index contributed by atoms with van der Waals surface area (Å²) in [7, 11) is 1.65. The number of carbonyl (C=O) groups excluding carboxylic acids is 1. The number of nitrogens with one attached hydrogen (secondary N) is 2. The number of ether oxygens (including phenoxy) is 1. The molecule has 1 fully saturated rings. The Balaban J connectivity index is 1.42. The number of aromatic nitrogens is 5. The number of rotatable bonds is 10. The highest BCUT2D eigenvalue weighted by Gasteiger charge is 2.23. The molecule has 2 heterocycles. The van der Waals surface area contributed by atoms with E-state index in [4.69, 9.17) is 4.74 Å². The molecule has 9 nitrogen and oxygen atoms in total. The molecule has 1 saturated carbocycles. The van der Waals surface area contributed by atoms with E-state index in [9.17, 15) is 4.79 Å². The molecule has 154 valence electrons. The third-order valence-corrected chi connectivity index (χ3v) is 5.53. The van der Waals surface area contributed by atoms with Crippen LogP contribution in [-0.2, 0) is 17.7 Å². The van der Waals surface area contributed by atoms with Gasteiger partial charge in [-0.2, -0.15) is 5.10 Å². The number of methoxy groups -OCH3 is 1. The maximum Gasteiger partial charge on any atom is 0.319 e. The zero-order valence-electron chi connectivity index (χ0n) is 16.6. The molecule has 3 rings (SSSR count). The molecule has 0 atom stereocenters. The smallest absolute Gasteiger partial charge is 0.319 e. The number of hydrogen-bond donors (Lipinski definition) is 2. The van der Waals surface area contributed by atoms with Crippen molar-refractivity contribution in [3.05, 3.63) is 18.2 Å². The Morgan fingerprint density at radius 2 is 2.18 bits per heavy atom. The van der Waals surface area contributed by atoms with Crippen molar-refractivity contribution in [3.63, 3.8) is 0 Å². The molecule has 0 radical (unpaired) electrons. The van der Waals surface area contributed by atoms with Crippen LogP contribution in [-0.4, -0.2) is 57.1 Å². The third-order valence-electron chi connectivity index (χ3n) is 4.89. The summed E-state index contributed by atoms with van der Waals surface area (Å²) in [6, 6.07) is 0.298. The Bertz CT molecular complexity index is 755. The molecular formula is C18H29N7O2S. The summed E-state index contributed by atoms with van der Waals surface area (Å²) in [6.45, 7) is 1.81. The third kappa shape index (κ3) is 5.48. The normalized spacial score (nSPS) is 14.5. The molecule has 0 unspecified atom stereocenters. The van der Waals surface area contributed by atoms with Crippen molar-refractivity contribution in [3.8, 4) is 0 Å². The van der Waals surface area contributed by atoms with Gasteiger partial charge < -0.3 is 19.9 Å². The molecule has 1 aliphatic carbocycles. The first-order chi connectivity index (χ1) is 13.7. The van der Waals surface area contributed by atoms with Gasteiger partial charge in [-0.05, 0) is 25.5 Å². The summed E-state index contributed by atoms with van der Waals surface area (Å²) < 4.78 is 9.06. The van der Waals surface area contributed by atoms with Crippen LogP contribution in [0.15, 0.2) is 17.6 Å². The Hall–Kier alpha value is -2.07. The maximum absolute atomic E-state index is 12.1. The lowest BCUT2D eigenvalue weighted by Gasteiger charge is -2.16. The van der Waals surface area contributed by atoms with Crippen molar-refractivity contribution >= 4 is 23.5 Å². The van der Waals surface area contributed by atoms with Gasteiger partial charge in [0.2, 0.25) is 0 Å². The van der Waals surface area contributed by atoms with Crippen LogP contribution in [0.1, 0.15) is 44.0 Å². The highest BCUT2D eigenvalue weighted by atomic mass is 32.2. The SMILES string of the molecule is COCCn1cc(NC(=O)NCCCc2nnc(SC)n2C2CCCC2)cn1. The first kappa shape index (κ1) is 20.7. The summed E-state index contributed by atoms with van der Waals surface area (Å²) in [5.41, 5.74) is 0.666. The fourth-order valence-corrected chi connectivity index (χ4v) is 4.08. The van der Waals surface area contributed by atoms with E-state index in [-0.39, 0.29) is 6.03 Å². The predicted octanol–water partition coefficient (Wildman–Crippen LogP) is 2.71. The second kappa shape index (κ2) is 10.5. The highest BCUT2D eigenvalue weighted by Crippen LogP contribution is 2.33. The van der Waals surface area contributed by atoms with Crippen LogP contribution in [0, 0.1) is 0 Å². The largest absolute Gasteiger partial charge is 0.383 e. The quantitative estimate of drug-likeness (QED) is 0.464. The number of nitrogens with zero attached hydrogens (tertiary/aromatic N) is 5. The van der Waals surface area contributed by atoms with E-state index < -0.39 is 0 Å². The highest BCUT2D eigenvalue weighted by molar-refractivity contribution is 7.98. The van der Waals surface area contributed by atoms with E-state index in [1.54, 1.807) is 35.9 Å². The Kier molecular flexibility index (Phi) is 7.72. The van der Waals surface area contributed by atoms with Crippen molar-refractivity contribution in [2.45, 2.75) is 56.3 Å². The fraction of sp³-hybridized carbons (Fsp3) is 0.667. The van der Waals surface area contributed by atoms with Gasteiger partial charge >= 0.3 is 6.03 Å². The van der Waals surface area contributed by atoms with E-state index in [0.717, 1.165) is 23.8 Å². The molecule has 0 bridgehead atoms. The fourth-order valence-electron chi connectivity index (χ4n) is 3.51. The minimum atomic E-state index is -0.228. The van der Waals surface area contributed by atoms with E-state index in [0.29, 0.717) is 31.4 Å². The van der Waals surface area contributed by atoms with Gasteiger partial charge in [0.05, 0.1) is 25.0 Å². The van der Waals surface area contributed by atoms with Crippen molar-refractivity contribution < 1.29 is 9.53 Å². The number of thioether (sulfide) groups is 1. The minimum absolute atomic E-state index is 0.228. The van der Waals surface area contributed by atoms with Crippen molar-refractivity contribution in [2.24, 2.45) is 0 Å². The molecule has 0 spiro atoms. The Morgan fingerprint density at radius 3 is 2.93 bits per heavy atom. The van der Waals surface area contributed by atoms with E-state index in [1.165, 1.54) is 25.7 Å². The Morgan fingerprint density at radius 1 is 1.36 bits per heavy atom. The summed E-state index contributed by atoms with van der Waals surface area (Å²) >= 11 is 1.65. The minimum Gasteiger partial charge on any atom is -0.383 e. The summed E-state index contributed by atoms with van der Waals surface area (Å²) in [4.78, 5) is 12.1. The van der Waals surface area contributed by atoms with Gasteiger partial charge in [-0.1, -0.05) is 24.6 Å². The second-order valence-corrected chi connectivity index (χ2v) is 7.65. The number of amides is 2. The average Bonchev–Trinajstić information content (AvgIpc) is 3.43. The van der Waals surface area contributed by atoms with Crippen LogP contribution in [0.25, 0.3) is 0 Å². The summed E-state index contributed by atoms with van der Waals surface area (Å²) in [5, 5.41) is 19.6. The van der Waals surface area contributed by atoms with Gasteiger partial charge in [0, 0.05) is 32.3 Å². The molecule has 10 heteroatoms. The van der Waals surface area contributed by atoms with Crippen LogP contribution < -0.4 is 10.6 Å². The van der Waals surface area contributed by atoms with Gasteiger partial charge in [-0.15, -0.1) is 10.2 Å². The lowest BCUT2D eigenvalue weighted by atomic mass is 10.2. The van der Waals surface area contributed by atoms with Gasteiger partial charge in [0.15, 0.2) is 5.16 Å². The van der Waals surface area contributed by atoms with Crippen LogP contribution in [0.4, 0.5) is 10.5 Å². The number of aryl methyl sites for hydroxylation is 1. The number of carbonyl (C=O) groups is 1. The van der Waals surface area contributed by atoms with E-state index in [2.05, 4.69) is 30.5 Å².